The van der Waals surface area contributed by atoms with Gasteiger partial charge in [-0.05, 0) is 67.1 Å². The number of halogens is 1. The molecule has 0 heterocycles. The highest BCUT2D eigenvalue weighted by Crippen LogP contribution is 2.25. The van der Waals surface area contributed by atoms with Crippen molar-refractivity contribution in [1.29, 1.82) is 0 Å². The van der Waals surface area contributed by atoms with Gasteiger partial charge in [0.2, 0.25) is 10.0 Å². The van der Waals surface area contributed by atoms with Gasteiger partial charge in [0.15, 0.2) is 0 Å². The van der Waals surface area contributed by atoms with Crippen molar-refractivity contribution in [3.8, 4) is 5.75 Å². The van der Waals surface area contributed by atoms with E-state index in [0.717, 1.165) is 18.6 Å². The Morgan fingerprint density at radius 2 is 1.83 bits per heavy atom. The molecule has 0 atom stereocenters. The normalized spacial score (nSPS) is 14.2. The van der Waals surface area contributed by atoms with E-state index in [9.17, 15) is 8.42 Å². The van der Waals surface area contributed by atoms with Crippen LogP contribution in [0.15, 0.2) is 47.4 Å². The van der Waals surface area contributed by atoms with Gasteiger partial charge in [0.05, 0.1) is 4.90 Å². The van der Waals surface area contributed by atoms with Crippen LogP contribution >= 0.6 is 11.6 Å². The molecule has 3 rings (SSSR count). The molecule has 2 aromatic carbocycles. The number of rotatable bonds is 6. The molecule has 1 aliphatic carbocycles. The van der Waals surface area contributed by atoms with Crippen molar-refractivity contribution < 1.29 is 13.2 Å². The Bertz CT molecular complexity index is 821. The van der Waals surface area contributed by atoms with E-state index in [1.54, 1.807) is 12.1 Å². The first-order valence-corrected chi connectivity index (χ1v) is 9.90. The Morgan fingerprint density at radius 1 is 1.04 bits per heavy atom. The van der Waals surface area contributed by atoms with E-state index in [1.807, 2.05) is 6.07 Å². The molecule has 0 unspecified atom stereocenters. The van der Waals surface area contributed by atoms with Crippen molar-refractivity contribution in [2.24, 2.45) is 0 Å². The fourth-order valence-electron chi connectivity index (χ4n) is 2.86. The predicted octanol–water partition coefficient (Wildman–Crippen LogP) is 3.58. The molecule has 0 aromatic heterocycles. The molecule has 0 saturated carbocycles. The number of nitrogens with one attached hydrogen (secondary N) is 1. The average molecular weight is 366 g/mol. The highest BCUT2D eigenvalue weighted by molar-refractivity contribution is 7.89. The van der Waals surface area contributed by atoms with Crippen molar-refractivity contribution in [3.05, 3.63) is 58.6 Å². The van der Waals surface area contributed by atoms with E-state index in [0.29, 0.717) is 5.02 Å². The van der Waals surface area contributed by atoms with Gasteiger partial charge in [-0.25, -0.2) is 13.1 Å². The maximum Gasteiger partial charge on any atom is 0.240 e. The Labute approximate surface area is 147 Å². The summed E-state index contributed by atoms with van der Waals surface area (Å²) in [5.74, 6) is 0.789. The molecule has 0 spiro atoms. The van der Waals surface area contributed by atoms with E-state index in [2.05, 4.69) is 16.9 Å². The van der Waals surface area contributed by atoms with Gasteiger partial charge in [0.25, 0.3) is 0 Å². The van der Waals surface area contributed by atoms with E-state index < -0.39 is 10.0 Å². The standard InChI is InChI=1S/C18H20ClNO3S/c19-16-6-3-7-18(13-16)24(21,22)20-10-11-23-17-9-8-14-4-1-2-5-15(14)12-17/h3,6-9,12-13,20H,1-2,4-5,10-11H2. The molecule has 1 N–H and O–H groups in total. The summed E-state index contributed by atoms with van der Waals surface area (Å²) in [6.07, 6.45) is 4.69. The number of fused-ring (bicyclic) bond motifs is 1. The zero-order chi connectivity index (χ0) is 17.0. The van der Waals surface area contributed by atoms with Gasteiger partial charge in [0, 0.05) is 11.6 Å². The van der Waals surface area contributed by atoms with Gasteiger partial charge in [-0.15, -0.1) is 0 Å². The SMILES string of the molecule is O=S(=O)(NCCOc1ccc2c(c1)CCCC2)c1cccc(Cl)c1. The van der Waals surface area contributed by atoms with Gasteiger partial charge < -0.3 is 4.74 Å². The molecule has 1 aliphatic rings. The first-order valence-electron chi connectivity index (χ1n) is 8.04. The number of aryl methyl sites for hydroxylation is 2. The number of hydrogen-bond donors (Lipinski definition) is 1. The summed E-state index contributed by atoms with van der Waals surface area (Å²) in [6, 6.07) is 12.3. The molecular formula is C18H20ClNO3S. The smallest absolute Gasteiger partial charge is 0.240 e. The van der Waals surface area contributed by atoms with Gasteiger partial charge >= 0.3 is 0 Å². The third-order valence-electron chi connectivity index (χ3n) is 4.09. The maximum absolute atomic E-state index is 12.2. The zero-order valence-electron chi connectivity index (χ0n) is 13.3. The molecule has 24 heavy (non-hydrogen) atoms. The summed E-state index contributed by atoms with van der Waals surface area (Å²) in [7, 11) is -3.57. The maximum atomic E-state index is 12.2. The van der Waals surface area contributed by atoms with Crippen LogP contribution in [0.25, 0.3) is 0 Å². The van der Waals surface area contributed by atoms with E-state index in [4.69, 9.17) is 16.3 Å². The minimum Gasteiger partial charge on any atom is -0.492 e. The molecule has 0 amide bonds. The number of sulfonamides is 1. The molecule has 2 aromatic rings. The largest absolute Gasteiger partial charge is 0.492 e. The van der Waals surface area contributed by atoms with Crippen LogP contribution < -0.4 is 9.46 Å². The lowest BCUT2D eigenvalue weighted by atomic mass is 9.92. The summed E-state index contributed by atoms with van der Waals surface area (Å²) in [4.78, 5) is 0.156. The molecule has 6 heteroatoms. The molecule has 128 valence electrons. The molecule has 0 saturated heterocycles. The number of hydrogen-bond acceptors (Lipinski definition) is 3. The van der Waals surface area contributed by atoms with Crippen LogP contribution in [0, 0.1) is 0 Å². The first-order chi connectivity index (χ1) is 11.5. The van der Waals surface area contributed by atoms with Crippen molar-refractivity contribution in [2.75, 3.05) is 13.2 Å². The summed E-state index contributed by atoms with van der Waals surface area (Å²) in [6.45, 7) is 0.477. The van der Waals surface area contributed by atoms with Crippen LogP contribution in [0.3, 0.4) is 0 Å². The number of benzene rings is 2. The average Bonchev–Trinajstić information content (AvgIpc) is 2.59. The second-order valence-corrected chi connectivity index (χ2v) is 8.04. The monoisotopic (exact) mass is 365 g/mol. The summed E-state index contributed by atoms with van der Waals surface area (Å²) in [5, 5.41) is 0.392. The Hall–Kier alpha value is -1.56. The van der Waals surface area contributed by atoms with Crippen LogP contribution in [-0.4, -0.2) is 21.6 Å². The van der Waals surface area contributed by atoms with Crippen LogP contribution in [0.5, 0.6) is 5.75 Å². The lowest BCUT2D eigenvalue weighted by Gasteiger charge is -2.17. The topological polar surface area (TPSA) is 55.4 Å². The molecule has 0 bridgehead atoms. The fourth-order valence-corrected chi connectivity index (χ4v) is 4.18. The highest BCUT2D eigenvalue weighted by Gasteiger charge is 2.14. The Balaban J connectivity index is 1.53. The van der Waals surface area contributed by atoms with Gasteiger partial charge in [-0.1, -0.05) is 23.7 Å². The highest BCUT2D eigenvalue weighted by atomic mass is 35.5. The number of ether oxygens (including phenoxy) is 1. The van der Waals surface area contributed by atoms with Crippen molar-refractivity contribution in [1.82, 2.24) is 4.72 Å². The second kappa shape index (κ2) is 7.55. The third-order valence-corrected chi connectivity index (χ3v) is 5.78. The van der Waals surface area contributed by atoms with E-state index in [-0.39, 0.29) is 18.0 Å². The van der Waals surface area contributed by atoms with Crippen molar-refractivity contribution in [2.45, 2.75) is 30.6 Å². The lowest BCUT2D eigenvalue weighted by molar-refractivity contribution is 0.322. The minimum absolute atomic E-state index is 0.156. The molecule has 0 aliphatic heterocycles. The zero-order valence-corrected chi connectivity index (χ0v) is 14.9. The van der Waals surface area contributed by atoms with Crippen LogP contribution in [0.1, 0.15) is 24.0 Å². The Kier molecular flexibility index (Phi) is 5.43. The van der Waals surface area contributed by atoms with Crippen LogP contribution in [0.2, 0.25) is 5.02 Å². The summed E-state index contributed by atoms with van der Waals surface area (Å²) < 4.78 is 32.5. The second-order valence-electron chi connectivity index (χ2n) is 5.84. The molecular weight excluding hydrogens is 346 g/mol. The van der Waals surface area contributed by atoms with E-state index in [1.165, 1.54) is 36.1 Å². The summed E-state index contributed by atoms with van der Waals surface area (Å²) in [5.41, 5.74) is 2.74. The predicted molar refractivity (Wildman–Crippen MR) is 95.2 cm³/mol. The molecule has 0 fully saturated rings. The van der Waals surface area contributed by atoms with Crippen molar-refractivity contribution in [3.63, 3.8) is 0 Å². The molecule has 0 radical (unpaired) electrons. The summed E-state index contributed by atoms with van der Waals surface area (Å²) >= 11 is 5.83. The lowest BCUT2D eigenvalue weighted by Crippen LogP contribution is -2.28. The quantitative estimate of drug-likeness (QED) is 0.796. The van der Waals surface area contributed by atoms with Gasteiger partial charge in [0.1, 0.15) is 12.4 Å². The molecule has 4 nitrogen and oxygen atoms in total. The Morgan fingerprint density at radius 3 is 2.62 bits per heavy atom. The van der Waals surface area contributed by atoms with Gasteiger partial charge in [-0.3, -0.25) is 0 Å². The van der Waals surface area contributed by atoms with Crippen LogP contribution in [-0.2, 0) is 22.9 Å². The van der Waals surface area contributed by atoms with Gasteiger partial charge in [-0.2, -0.15) is 0 Å². The van der Waals surface area contributed by atoms with Crippen molar-refractivity contribution >= 4 is 21.6 Å². The van der Waals surface area contributed by atoms with E-state index >= 15 is 0 Å². The minimum atomic E-state index is -3.57. The first kappa shape index (κ1) is 17.3. The third kappa shape index (κ3) is 4.29. The van der Waals surface area contributed by atoms with Crippen LogP contribution in [0.4, 0.5) is 0 Å². The fraction of sp³-hybridized carbons (Fsp3) is 0.333.